The number of anilines is 1. The zero-order valence-corrected chi connectivity index (χ0v) is 14.5. The number of sulfonamides is 1. The summed E-state index contributed by atoms with van der Waals surface area (Å²) in [5.41, 5.74) is 1.06. The summed E-state index contributed by atoms with van der Waals surface area (Å²) >= 11 is 0. The Morgan fingerprint density at radius 2 is 1.62 bits per heavy atom. The molecule has 0 saturated carbocycles. The lowest BCUT2D eigenvalue weighted by Gasteiger charge is -2.16. The second kappa shape index (κ2) is 7.49. The number of benzene rings is 2. The van der Waals surface area contributed by atoms with E-state index >= 15 is 0 Å². The third-order valence-electron chi connectivity index (χ3n) is 3.62. The maximum Gasteiger partial charge on any atom is 0.310 e. The van der Waals surface area contributed by atoms with Crippen LogP contribution >= 0.6 is 0 Å². The maximum atomic E-state index is 12.3. The van der Waals surface area contributed by atoms with Gasteiger partial charge in [-0.15, -0.1) is 0 Å². The summed E-state index contributed by atoms with van der Waals surface area (Å²) in [6.45, 7) is 3.94. The molecule has 2 rings (SSSR count). The van der Waals surface area contributed by atoms with Crippen molar-refractivity contribution in [3.8, 4) is 0 Å². The van der Waals surface area contributed by atoms with Crippen LogP contribution < -0.4 is 4.72 Å². The van der Waals surface area contributed by atoms with Gasteiger partial charge in [0.1, 0.15) is 0 Å². The Kier molecular flexibility index (Phi) is 5.62. The first-order valence-corrected chi connectivity index (χ1v) is 9.18. The van der Waals surface area contributed by atoms with Crippen molar-refractivity contribution in [1.82, 2.24) is 0 Å². The van der Waals surface area contributed by atoms with E-state index in [-0.39, 0.29) is 10.8 Å². The van der Waals surface area contributed by atoms with Gasteiger partial charge in [0, 0.05) is 5.69 Å². The SMILES string of the molecule is CC(C)CC(C(=O)O)c1ccc(NS(=O)(=O)c2ccccc2)cc1. The molecule has 0 radical (unpaired) electrons. The molecule has 24 heavy (non-hydrogen) atoms. The second-order valence-electron chi connectivity index (χ2n) is 6.06. The van der Waals surface area contributed by atoms with Crippen molar-refractivity contribution in [3.05, 3.63) is 60.2 Å². The highest BCUT2D eigenvalue weighted by Gasteiger charge is 2.21. The van der Waals surface area contributed by atoms with E-state index in [0.717, 1.165) is 0 Å². The Bertz CT molecular complexity index is 784. The fourth-order valence-electron chi connectivity index (χ4n) is 2.45. The Balaban J connectivity index is 2.19. The van der Waals surface area contributed by atoms with Gasteiger partial charge < -0.3 is 5.11 Å². The number of carboxylic acids is 1. The van der Waals surface area contributed by atoms with Crippen LogP contribution in [0.3, 0.4) is 0 Å². The highest BCUT2D eigenvalue weighted by atomic mass is 32.2. The molecule has 0 fully saturated rings. The van der Waals surface area contributed by atoms with Crippen LogP contribution in [0, 0.1) is 5.92 Å². The molecule has 5 nitrogen and oxygen atoms in total. The number of rotatable bonds is 7. The minimum atomic E-state index is -3.65. The summed E-state index contributed by atoms with van der Waals surface area (Å²) in [5.74, 6) is -1.21. The zero-order valence-electron chi connectivity index (χ0n) is 13.6. The fourth-order valence-corrected chi connectivity index (χ4v) is 3.53. The molecule has 1 unspecified atom stereocenters. The third-order valence-corrected chi connectivity index (χ3v) is 5.02. The minimum absolute atomic E-state index is 0.178. The molecular weight excluding hydrogens is 326 g/mol. The number of hydrogen-bond acceptors (Lipinski definition) is 3. The summed E-state index contributed by atoms with van der Waals surface area (Å²) in [6, 6.07) is 14.6. The number of hydrogen-bond donors (Lipinski definition) is 2. The van der Waals surface area contributed by atoms with E-state index < -0.39 is 21.9 Å². The van der Waals surface area contributed by atoms with Crippen molar-refractivity contribution in [3.63, 3.8) is 0 Å². The predicted molar refractivity (Wildman–Crippen MR) is 93.5 cm³/mol. The minimum Gasteiger partial charge on any atom is -0.481 e. The van der Waals surface area contributed by atoms with Crippen LogP contribution in [0.2, 0.25) is 0 Å². The van der Waals surface area contributed by atoms with E-state index in [1.165, 1.54) is 12.1 Å². The fraction of sp³-hybridized carbons (Fsp3) is 0.278. The molecule has 2 N–H and O–H groups in total. The van der Waals surface area contributed by atoms with Gasteiger partial charge in [0.2, 0.25) is 0 Å². The first kappa shape index (κ1) is 18.0. The van der Waals surface area contributed by atoms with Gasteiger partial charge in [-0.3, -0.25) is 9.52 Å². The molecule has 2 aromatic carbocycles. The first-order chi connectivity index (χ1) is 11.3. The molecule has 128 valence electrons. The van der Waals surface area contributed by atoms with Crippen LogP contribution in [0.5, 0.6) is 0 Å². The molecule has 0 spiro atoms. The van der Waals surface area contributed by atoms with Gasteiger partial charge in [0.05, 0.1) is 10.8 Å². The van der Waals surface area contributed by atoms with Gasteiger partial charge in [-0.1, -0.05) is 44.2 Å². The molecular formula is C18H21NO4S. The summed E-state index contributed by atoms with van der Waals surface area (Å²) in [6.07, 6.45) is 0.532. The average Bonchev–Trinajstić information content (AvgIpc) is 2.54. The summed E-state index contributed by atoms with van der Waals surface area (Å²) in [7, 11) is -3.65. The molecule has 0 bridgehead atoms. The molecule has 0 amide bonds. The van der Waals surface area contributed by atoms with Crippen molar-refractivity contribution in [1.29, 1.82) is 0 Å². The van der Waals surface area contributed by atoms with Crippen LogP contribution in [0.1, 0.15) is 31.7 Å². The number of carboxylic acid groups (broad SMARTS) is 1. The largest absolute Gasteiger partial charge is 0.481 e. The van der Waals surface area contributed by atoms with Crippen LogP contribution in [0.4, 0.5) is 5.69 Å². The van der Waals surface area contributed by atoms with Crippen molar-refractivity contribution in [2.24, 2.45) is 5.92 Å². The van der Waals surface area contributed by atoms with E-state index in [1.54, 1.807) is 42.5 Å². The van der Waals surface area contributed by atoms with Gasteiger partial charge in [-0.05, 0) is 42.2 Å². The lowest BCUT2D eigenvalue weighted by molar-refractivity contribution is -0.139. The smallest absolute Gasteiger partial charge is 0.310 e. The van der Waals surface area contributed by atoms with E-state index in [9.17, 15) is 18.3 Å². The van der Waals surface area contributed by atoms with Crippen molar-refractivity contribution >= 4 is 21.7 Å². The van der Waals surface area contributed by atoms with Gasteiger partial charge in [-0.2, -0.15) is 0 Å². The zero-order chi connectivity index (χ0) is 17.7. The molecule has 0 saturated heterocycles. The van der Waals surface area contributed by atoms with Gasteiger partial charge >= 0.3 is 5.97 Å². The van der Waals surface area contributed by atoms with Gasteiger partial charge in [0.25, 0.3) is 10.0 Å². The van der Waals surface area contributed by atoms with E-state index in [1.807, 2.05) is 13.8 Å². The Hall–Kier alpha value is -2.34. The average molecular weight is 347 g/mol. The summed E-state index contributed by atoms with van der Waals surface area (Å²) in [5, 5.41) is 9.37. The number of aliphatic carboxylic acids is 1. The molecule has 6 heteroatoms. The number of carbonyl (C=O) groups is 1. The molecule has 0 aliphatic heterocycles. The standard InChI is InChI=1S/C18H21NO4S/c1-13(2)12-17(18(20)21)14-8-10-15(11-9-14)19-24(22,23)16-6-4-3-5-7-16/h3-11,13,17,19H,12H2,1-2H3,(H,20,21). The Morgan fingerprint density at radius 1 is 1.04 bits per heavy atom. The Labute approximate surface area is 142 Å². The second-order valence-corrected chi connectivity index (χ2v) is 7.74. The van der Waals surface area contributed by atoms with Crippen LogP contribution in [-0.2, 0) is 14.8 Å². The lowest BCUT2D eigenvalue weighted by atomic mass is 9.90. The summed E-state index contributed by atoms with van der Waals surface area (Å²) in [4.78, 5) is 11.6. The van der Waals surface area contributed by atoms with Gasteiger partial charge in [-0.25, -0.2) is 8.42 Å². The molecule has 0 aliphatic carbocycles. The Morgan fingerprint density at radius 3 is 2.12 bits per heavy atom. The predicted octanol–water partition coefficient (Wildman–Crippen LogP) is 3.70. The quantitative estimate of drug-likeness (QED) is 0.800. The molecule has 1 atom stereocenters. The van der Waals surface area contributed by atoms with Crippen LogP contribution in [0.15, 0.2) is 59.5 Å². The van der Waals surface area contributed by atoms with Crippen LogP contribution in [0.25, 0.3) is 0 Å². The van der Waals surface area contributed by atoms with Crippen molar-refractivity contribution in [2.75, 3.05) is 4.72 Å². The third kappa shape index (κ3) is 4.58. The van der Waals surface area contributed by atoms with Crippen molar-refractivity contribution < 1.29 is 18.3 Å². The number of nitrogens with one attached hydrogen (secondary N) is 1. The molecule has 0 aromatic heterocycles. The molecule has 2 aromatic rings. The molecule has 0 heterocycles. The maximum absolute atomic E-state index is 12.3. The highest BCUT2D eigenvalue weighted by Crippen LogP contribution is 2.26. The van der Waals surface area contributed by atoms with E-state index in [0.29, 0.717) is 17.7 Å². The lowest BCUT2D eigenvalue weighted by Crippen LogP contribution is -2.15. The monoisotopic (exact) mass is 347 g/mol. The van der Waals surface area contributed by atoms with E-state index in [2.05, 4.69) is 4.72 Å². The highest BCUT2D eigenvalue weighted by molar-refractivity contribution is 7.92. The summed E-state index contributed by atoms with van der Waals surface area (Å²) < 4.78 is 27.0. The molecule has 0 aliphatic rings. The van der Waals surface area contributed by atoms with Crippen molar-refractivity contribution in [2.45, 2.75) is 31.1 Å². The topological polar surface area (TPSA) is 83.5 Å². The van der Waals surface area contributed by atoms with Crippen LogP contribution in [-0.4, -0.2) is 19.5 Å². The normalized spacial score (nSPS) is 12.8. The van der Waals surface area contributed by atoms with E-state index in [4.69, 9.17) is 0 Å². The van der Waals surface area contributed by atoms with Gasteiger partial charge in [0.15, 0.2) is 0 Å². The first-order valence-electron chi connectivity index (χ1n) is 7.70.